The molecule has 1 heterocycles. The lowest BCUT2D eigenvalue weighted by Gasteiger charge is -2.40. The van der Waals surface area contributed by atoms with E-state index in [0.717, 1.165) is 32.0 Å². The first-order chi connectivity index (χ1) is 9.99. The number of hydrogen-bond acceptors (Lipinski definition) is 3. The summed E-state index contributed by atoms with van der Waals surface area (Å²) in [5, 5.41) is 3.09. The van der Waals surface area contributed by atoms with Gasteiger partial charge in [-0.2, -0.15) is 0 Å². The molecule has 21 heavy (non-hydrogen) atoms. The monoisotopic (exact) mass is 298 g/mol. The van der Waals surface area contributed by atoms with E-state index in [-0.39, 0.29) is 11.6 Å². The SMILES string of the molecule is CNC(CN1CCCC(C)(OC)C1)c1cccc(F)c1F. The van der Waals surface area contributed by atoms with Crippen molar-refractivity contribution in [1.82, 2.24) is 10.2 Å². The smallest absolute Gasteiger partial charge is 0.163 e. The number of benzene rings is 1. The fraction of sp³-hybridized carbons (Fsp3) is 0.625. The Morgan fingerprint density at radius 1 is 1.43 bits per heavy atom. The number of piperidine rings is 1. The van der Waals surface area contributed by atoms with Crippen LogP contribution in [0.25, 0.3) is 0 Å². The summed E-state index contributed by atoms with van der Waals surface area (Å²) in [6.45, 7) is 4.48. The third-order valence-electron chi connectivity index (χ3n) is 4.38. The van der Waals surface area contributed by atoms with Gasteiger partial charge in [0.2, 0.25) is 0 Å². The number of nitrogens with one attached hydrogen (secondary N) is 1. The molecule has 0 amide bonds. The first-order valence-corrected chi connectivity index (χ1v) is 7.38. The quantitative estimate of drug-likeness (QED) is 0.904. The Morgan fingerprint density at radius 2 is 2.19 bits per heavy atom. The van der Waals surface area contributed by atoms with Gasteiger partial charge < -0.3 is 10.1 Å². The van der Waals surface area contributed by atoms with Crippen LogP contribution in [0.2, 0.25) is 0 Å². The summed E-state index contributed by atoms with van der Waals surface area (Å²) in [5.74, 6) is -1.56. The molecule has 2 atom stereocenters. The summed E-state index contributed by atoms with van der Waals surface area (Å²) >= 11 is 0. The Morgan fingerprint density at radius 3 is 2.86 bits per heavy atom. The van der Waals surface area contributed by atoms with Crippen molar-refractivity contribution in [3.63, 3.8) is 0 Å². The summed E-state index contributed by atoms with van der Waals surface area (Å²) in [6.07, 6.45) is 2.07. The Balaban J connectivity index is 2.10. The molecule has 3 nitrogen and oxygen atoms in total. The molecule has 0 spiro atoms. The summed E-state index contributed by atoms with van der Waals surface area (Å²) < 4.78 is 32.9. The van der Waals surface area contributed by atoms with E-state index < -0.39 is 11.6 Å². The second-order valence-corrected chi connectivity index (χ2v) is 5.98. The van der Waals surface area contributed by atoms with Crippen molar-refractivity contribution in [2.24, 2.45) is 0 Å². The average Bonchev–Trinajstić information content (AvgIpc) is 2.48. The van der Waals surface area contributed by atoms with Crippen LogP contribution in [-0.2, 0) is 4.74 Å². The molecule has 5 heteroatoms. The van der Waals surface area contributed by atoms with Crippen molar-refractivity contribution < 1.29 is 13.5 Å². The van der Waals surface area contributed by atoms with Crippen molar-refractivity contribution in [3.05, 3.63) is 35.4 Å². The minimum Gasteiger partial charge on any atom is -0.377 e. The molecule has 1 saturated heterocycles. The third-order valence-corrected chi connectivity index (χ3v) is 4.38. The van der Waals surface area contributed by atoms with Crippen LogP contribution in [0.1, 0.15) is 31.4 Å². The summed E-state index contributed by atoms with van der Waals surface area (Å²) in [6, 6.07) is 4.10. The average molecular weight is 298 g/mol. The number of methoxy groups -OCH3 is 1. The predicted molar refractivity (Wildman–Crippen MR) is 79.2 cm³/mol. The zero-order valence-corrected chi connectivity index (χ0v) is 13.0. The molecule has 1 aliphatic rings. The van der Waals surface area contributed by atoms with Gasteiger partial charge in [0, 0.05) is 31.8 Å². The van der Waals surface area contributed by atoms with Gasteiger partial charge >= 0.3 is 0 Å². The highest BCUT2D eigenvalue weighted by Crippen LogP contribution is 2.26. The van der Waals surface area contributed by atoms with Crippen molar-refractivity contribution in [2.45, 2.75) is 31.4 Å². The molecule has 1 fully saturated rings. The number of likely N-dealkylation sites (tertiary alicyclic amines) is 1. The van der Waals surface area contributed by atoms with Gasteiger partial charge in [-0.15, -0.1) is 0 Å². The lowest BCUT2D eigenvalue weighted by molar-refractivity contribution is -0.0523. The standard InChI is InChI=1S/C16H24F2N2O/c1-16(21-3)8-5-9-20(11-16)10-14(19-2)12-6-4-7-13(17)15(12)18/h4,6-7,14,19H,5,8-11H2,1-3H3. The minimum absolute atomic E-state index is 0.156. The molecule has 1 aliphatic heterocycles. The van der Waals surface area contributed by atoms with E-state index in [9.17, 15) is 8.78 Å². The highest BCUT2D eigenvalue weighted by atomic mass is 19.2. The van der Waals surface area contributed by atoms with E-state index in [4.69, 9.17) is 4.74 Å². The van der Waals surface area contributed by atoms with Crippen molar-refractivity contribution >= 4 is 0 Å². The van der Waals surface area contributed by atoms with Gasteiger partial charge in [-0.3, -0.25) is 4.90 Å². The molecule has 0 aromatic heterocycles. The molecule has 0 bridgehead atoms. The highest BCUT2D eigenvalue weighted by molar-refractivity contribution is 5.23. The molecule has 118 valence electrons. The van der Waals surface area contributed by atoms with Crippen LogP contribution < -0.4 is 5.32 Å². The minimum atomic E-state index is -0.798. The van der Waals surface area contributed by atoms with Crippen LogP contribution in [-0.4, -0.2) is 44.3 Å². The normalized spacial score (nSPS) is 25.0. The second kappa shape index (κ2) is 6.81. The second-order valence-electron chi connectivity index (χ2n) is 5.98. The topological polar surface area (TPSA) is 24.5 Å². The molecule has 0 aliphatic carbocycles. The number of ether oxygens (including phenoxy) is 1. The molecule has 2 rings (SSSR count). The molecular weight excluding hydrogens is 274 g/mol. The predicted octanol–water partition coefficient (Wildman–Crippen LogP) is 2.73. The zero-order chi connectivity index (χ0) is 15.5. The first kappa shape index (κ1) is 16.3. The Hall–Kier alpha value is -1.04. The molecule has 2 unspecified atom stereocenters. The van der Waals surface area contributed by atoms with E-state index in [2.05, 4.69) is 17.1 Å². The van der Waals surface area contributed by atoms with E-state index in [1.807, 2.05) is 0 Å². The van der Waals surface area contributed by atoms with Crippen LogP contribution in [0, 0.1) is 11.6 Å². The number of halogens is 2. The Kier molecular flexibility index (Phi) is 5.30. The van der Waals surface area contributed by atoms with Gasteiger partial charge in [0.1, 0.15) is 0 Å². The zero-order valence-electron chi connectivity index (χ0n) is 13.0. The largest absolute Gasteiger partial charge is 0.377 e. The molecule has 1 aromatic rings. The molecule has 0 radical (unpaired) electrons. The van der Waals surface area contributed by atoms with E-state index in [0.29, 0.717) is 12.1 Å². The number of likely N-dealkylation sites (N-methyl/N-ethyl adjacent to an activating group) is 1. The van der Waals surface area contributed by atoms with Crippen molar-refractivity contribution in [3.8, 4) is 0 Å². The van der Waals surface area contributed by atoms with Gasteiger partial charge in [0.05, 0.1) is 5.60 Å². The molecular formula is C16H24F2N2O. The highest BCUT2D eigenvalue weighted by Gasteiger charge is 2.32. The van der Waals surface area contributed by atoms with Gasteiger partial charge in [-0.1, -0.05) is 12.1 Å². The van der Waals surface area contributed by atoms with E-state index >= 15 is 0 Å². The first-order valence-electron chi connectivity index (χ1n) is 7.38. The Labute approximate surface area is 125 Å². The summed E-state index contributed by atoms with van der Waals surface area (Å²) in [4.78, 5) is 2.25. The van der Waals surface area contributed by atoms with Crippen molar-refractivity contribution in [1.29, 1.82) is 0 Å². The van der Waals surface area contributed by atoms with Gasteiger partial charge in [0.15, 0.2) is 11.6 Å². The van der Waals surface area contributed by atoms with Crippen LogP contribution in [0.4, 0.5) is 8.78 Å². The Bertz CT molecular complexity index is 483. The van der Waals surface area contributed by atoms with Crippen molar-refractivity contribution in [2.75, 3.05) is 33.8 Å². The molecule has 0 saturated carbocycles. The number of rotatable bonds is 5. The lowest BCUT2D eigenvalue weighted by atomic mass is 9.94. The fourth-order valence-electron chi connectivity index (χ4n) is 3.02. The molecule has 1 N–H and O–H groups in total. The number of hydrogen-bond donors (Lipinski definition) is 1. The van der Waals surface area contributed by atoms with Gasteiger partial charge in [0.25, 0.3) is 0 Å². The van der Waals surface area contributed by atoms with Crippen LogP contribution in [0.5, 0.6) is 0 Å². The maximum atomic E-state index is 14.0. The maximum absolute atomic E-state index is 14.0. The van der Waals surface area contributed by atoms with E-state index in [1.165, 1.54) is 0 Å². The maximum Gasteiger partial charge on any atom is 0.163 e. The van der Waals surface area contributed by atoms with Crippen LogP contribution in [0.3, 0.4) is 0 Å². The summed E-state index contributed by atoms with van der Waals surface area (Å²) in [5.41, 5.74) is 0.221. The van der Waals surface area contributed by atoms with Gasteiger partial charge in [-0.05, 0) is 39.4 Å². The van der Waals surface area contributed by atoms with Gasteiger partial charge in [-0.25, -0.2) is 8.78 Å². The lowest BCUT2D eigenvalue weighted by Crippen LogP contribution is -2.49. The van der Waals surface area contributed by atoms with Crippen LogP contribution in [0.15, 0.2) is 18.2 Å². The number of nitrogens with zero attached hydrogens (tertiary/aromatic N) is 1. The molecule has 1 aromatic carbocycles. The third kappa shape index (κ3) is 3.78. The summed E-state index contributed by atoms with van der Waals surface area (Å²) in [7, 11) is 3.50. The van der Waals surface area contributed by atoms with E-state index in [1.54, 1.807) is 26.3 Å². The fourth-order valence-corrected chi connectivity index (χ4v) is 3.02. The van der Waals surface area contributed by atoms with Crippen LogP contribution >= 0.6 is 0 Å².